The first-order valence-corrected chi connectivity index (χ1v) is 5.05. The third kappa shape index (κ3) is 2.13. The molecule has 0 saturated heterocycles. The Bertz CT molecular complexity index is 322. The normalized spacial score (nSPS) is 21.7. The molecule has 1 aliphatic rings. The molecule has 1 unspecified atom stereocenters. The summed E-state index contributed by atoms with van der Waals surface area (Å²) in [4.78, 5) is 10.6. The highest BCUT2D eigenvalue weighted by molar-refractivity contribution is 5.73. The molecule has 0 amide bonds. The summed E-state index contributed by atoms with van der Waals surface area (Å²) in [5.41, 5.74) is 2.18. The molecule has 0 spiro atoms. The van der Waals surface area contributed by atoms with E-state index in [2.05, 4.69) is 6.08 Å². The average molecular weight is 190 g/mol. The van der Waals surface area contributed by atoms with Gasteiger partial charge < -0.3 is 4.42 Å². The van der Waals surface area contributed by atoms with Gasteiger partial charge in [-0.25, -0.2) is 0 Å². The molecule has 2 heteroatoms. The van der Waals surface area contributed by atoms with E-state index in [4.69, 9.17) is 4.42 Å². The molecule has 14 heavy (non-hydrogen) atoms. The summed E-state index contributed by atoms with van der Waals surface area (Å²) in [6.07, 6.45) is 10.8. The van der Waals surface area contributed by atoms with Crippen LogP contribution in [0.25, 0.3) is 0 Å². The number of rotatable bonds is 3. The number of hydrogen-bond acceptors (Lipinski definition) is 2. The summed E-state index contributed by atoms with van der Waals surface area (Å²) in [7, 11) is 0. The van der Waals surface area contributed by atoms with Gasteiger partial charge in [-0.2, -0.15) is 0 Å². The molecule has 0 radical (unpaired) electrons. The van der Waals surface area contributed by atoms with Crippen LogP contribution in [0.3, 0.4) is 0 Å². The molecule has 0 fully saturated rings. The van der Waals surface area contributed by atoms with Crippen LogP contribution in [-0.2, 0) is 11.2 Å². The van der Waals surface area contributed by atoms with E-state index in [-0.39, 0.29) is 0 Å². The molecule has 0 aliphatic heterocycles. The molecule has 0 bridgehead atoms. The van der Waals surface area contributed by atoms with Gasteiger partial charge in [0.2, 0.25) is 0 Å². The van der Waals surface area contributed by atoms with Crippen LogP contribution >= 0.6 is 0 Å². The maximum Gasteiger partial charge on any atom is 0.145 e. The fourth-order valence-corrected chi connectivity index (χ4v) is 2.01. The third-order valence-corrected chi connectivity index (χ3v) is 2.72. The highest BCUT2D eigenvalue weighted by Gasteiger charge is 2.13. The van der Waals surface area contributed by atoms with Crippen LogP contribution in [0.2, 0.25) is 0 Å². The number of allylic oxidation sites excluding steroid dienone is 2. The molecule has 1 aromatic heterocycles. The van der Waals surface area contributed by atoms with Gasteiger partial charge >= 0.3 is 0 Å². The Labute approximate surface area is 83.6 Å². The second-order valence-corrected chi connectivity index (χ2v) is 3.85. The Morgan fingerprint density at radius 1 is 1.57 bits per heavy atom. The zero-order valence-corrected chi connectivity index (χ0v) is 8.11. The van der Waals surface area contributed by atoms with Crippen LogP contribution in [0.15, 0.2) is 34.7 Å². The molecule has 2 rings (SSSR count). The first kappa shape index (κ1) is 9.25. The van der Waals surface area contributed by atoms with E-state index in [0.717, 1.165) is 31.1 Å². The summed E-state index contributed by atoms with van der Waals surface area (Å²) >= 11 is 0. The van der Waals surface area contributed by atoms with Crippen LogP contribution in [0.1, 0.15) is 24.8 Å². The Kier molecular flexibility index (Phi) is 2.82. The van der Waals surface area contributed by atoms with Crippen molar-refractivity contribution in [3.8, 4) is 0 Å². The van der Waals surface area contributed by atoms with Gasteiger partial charge in [-0.1, -0.05) is 6.08 Å². The molecular formula is C12H14O2. The lowest BCUT2D eigenvalue weighted by atomic mass is 9.87. The summed E-state index contributed by atoms with van der Waals surface area (Å²) in [6, 6.07) is 1.99. The van der Waals surface area contributed by atoms with Crippen molar-refractivity contribution in [3.05, 3.63) is 35.8 Å². The van der Waals surface area contributed by atoms with Crippen molar-refractivity contribution in [2.75, 3.05) is 0 Å². The Morgan fingerprint density at radius 2 is 2.50 bits per heavy atom. The van der Waals surface area contributed by atoms with Gasteiger partial charge in [0, 0.05) is 0 Å². The minimum Gasteiger partial charge on any atom is -0.472 e. The van der Waals surface area contributed by atoms with Crippen molar-refractivity contribution in [1.82, 2.24) is 0 Å². The van der Waals surface area contributed by atoms with E-state index in [0.29, 0.717) is 5.92 Å². The van der Waals surface area contributed by atoms with Crippen molar-refractivity contribution < 1.29 is 9.21 Å². The SMILES string of the molecule is O=CC1=CC(Cc2ccoc2)CCC1. The molecule has 0 N–H and O–H groups in total. The maximum absolute atomic E-state index is 10.6. The molecule has 1 aliphatic carbocycles. The van der Waals surface area contributed by atoms with Gasteiger partial charge in [-0.15, -0.1) is 0 Å². The predicted octanol–water partition coefficient (Wildman–Crippen LogP) is 2.75. The topological polar surface area (TPSA) is 30.2 Å². The van der Waals surface area contributed by atoms with Gasteiger partial charge in [-0.3, -0.25) is 4.79 Å². The van der Waals surface area contributed by atoms with E-state index < -0.39 is 0 Å². The standard InChI is InChI=1S/C12H14O2/c13-8-11-3-1-2-10(6-11)7-12-4-5-14-9-12/h4-6,8-10H,1-3,7H2. The first-order valence-electron chi connectivity index (χ1n) is 5.05. The second-order valence-electron chi connectivity index (χ2n) is 3.85. The monoisotopic (exact) mass is 190 g/mol. The molecule has 2 nitrogen and oxygen atoms in total. The highest BCUT2D eigenvalue weighted by atomic mass is 16.3. The molecule has 1 heterocycles. The number of carbonyl (C=O) groups excluding carboxylic acids is 1. The predicted molar refractivity (Wildman–Crippen MR) is 53.9 cm³/mol. The van der Waals surface area contributed by atoms with E-state index in [1.807, 2.05) is 6.07 Å². The fraction of sp³-hybridized carbons (Fsp3) is 0.417. The van der Waals surface area contributed by atoms with Crippen LogP contribution in [0, 0.1) is 5.92 Å². The molecule has 1 atom stereocenters. The highest BCUT2D eigenvalue weighted by Crippen LogP contribution is 2.24. The van der Waals surface area contributed by atoms with Crippen molar-refractivity contribution in [1.29, 1.82) is 0 Å². The van der Waals surface area contributed by atoms with E-state index in [1.165, 1.54) is 12.0 Å². The van der Waals surface area contributed by atoms with Gasteiger partial charge in [0.1, 0.15) is 6.29 Å². The minimum atomic E-state index is 0.515. The average Bonchev–Trinajstić information content (AvgIpc) is 2.71. The lowest BCUT2D eigenvalue weighted by Crippen LogP contribution is -2.07. The quantitative estimate of drug-likeness (QED) is 0.686. The Morgan fingerprint density at radius 3 is 3.21 bits per heavy atom. The third-order valence-electron chi connectivity index (χ3n) is 2.72. The lowest BCUT2D eigenvalue weighted by molar-refractivity contribution is -0.105. The van der Waals surface area contributed by atoms with Gasteiger partial charge in [0.15, 0.2) is 0 Å². The second kappa shape index (κ2) is 4.27. The molecular weight excluding hydrogens is 176 g/mol. The maximum atomic E-state index is 10.6. The van der Waals surface area contributed by atoms with Crippen LogP contribution in [-0.4, -0.2) is 6.29 Å². The molecule has 74 valence electrons. The van der Waals surface area contributed by atoms with Crippen LogP contribution < -0.4 is 0 Å². The van der Waals surface area contributed by atoms with Crippen LogP contribution in [0.5, 0.6) is 0 Å². The summed E-state index contributed by atoms with van der Waals surface area (Å²) in [5, 5.41) is 0. The zero-order chi connectivity index (χ0) is 9.80. The van der Waals surface area contributed by atoms with E-state index in [9.17, 15) is 4.79 Å². The van der Waals surface area contributed by atoms with E-state index >= 15 is 0 Å². The van der Waals surface area contributed by atoms with Gasteiger partial charge in [-0.05, 0) is 48.8 Å². The molecule has 0 saturated carbocycles. The van der Waals surface area contributed by atoms with Crippen LogP contribution in [0.4, 0.5) is 0 Å². The smallest absolute Gasteiger partial charge is 0.145 e. The number of carbonyl (C=O) groups is 1. The number of aldehydes is 1. The fourth-order valence-electron chi connectivity index (χ4n) is 2.01. The Balaban J connectivity index is 2.01. The van der Waals surface area contributed by atoms with Crippen molar-refractivity contribution in [3.63, 3.8) is 0 Å². The van der Waals surface area contributed by atoms with Gasteiger partial charge in [0.25, 0.3) is 0 Å². The largest absolute Gasteiger partial charge is 0.472 e. The minimum absolute atomic E-state index is 0.515. The molecule has 0 aromatic carbocycles. The van der Waals surface area contributed by atoms with Gasteiger partial charge in [0.05, 0.1) is 12.5 Å². The summed E-state index contributed by atoms with van der Waals surface area (Å²) in [5.74, 6) is 0.515. The number of furan rings is 1. The first-order chi connectivity index (χ1) is 6.88. The summed E-state index contributed by atoms with van der Waals surface area (Å²) in [6.45, 7) is 0. The van der Waals surface area contributed by atoms with Crippen molar-refractivity contribution in [2.45, 2.75) is 25.7 Å². The number of hydrogen-bond donors (Lipinski definition) is 0. The molecule has 1 aromatic rings. The summed E-state index contributed by atoms with van der Waals surface area (Å²) < 4.78 is 5.02. The Hall–Kier alpha value is -1.31. The van der Waals surface area contributed by atoms with Crippen molar-refractivity contribution >= 4 is 6.29 Å². The lowest BCUT2D eigenvalue weighted by Gasteiger charge is -2.17. The zero-order valence-electron chi connectivity index (χ0n) is 8.11. The van der Waals surface area contributed by atoms with E-state index in [1.54, 1.807) is 12.5 Å². The van der Waals surface area contributed by atoms with Crippen molar-refractivity contribution in [2.24, 2.45) is 5.92 Å².